The Morgan fingerprint density at radius 2 is 1.57 bits per heavy atom. The molecule has 156 valence electrons. The number of hydrogen-bond donors (Lipinski definition) is 2. The quantitative estimate of drug-likeness (QED) is 0.514. The maximum Gasteiger partial charge on any atom is 0.242 e. The Morgan fingerprint density at radius 3 is 2.23 bits per heavy atom. The van der Waals surface area contributed by atoms with Crippen LogP contribution < -0.4 is 10.0 Å². The number of sulfonamides is 1. The standard InChI is InChI=1S/C23H24N2O3S2/c1-17-12-14-19(15-13-17)30(27,28)25-21(16-18-8-4-3-5-9-18)23(26)24-20-10-6-7-11-22(20)29-2/h3-15,21,25H,16H2,1-2H3,(H,24,26)/t21-/m1/s1. The highest BCUT2D eigenvalue weighted by Crippen LogP contribution is 2.25. The van der Waals surface area contributed by atoms with Gasteiger partial charge >= 0.3 is 0 Å². The zero-order chi connectivity index (χ0) is 21.6. The van der Waals surface area contributed by atoms with Crippen LogP contribution in [-0.4, -0.2) is 26.6 Å². The second kappa shape index (κ2) is 9.93. The van der Waals surface area contributed by atoms with E-state index >= 15 is 0 Å². The summed E-state index contributed by atoms with van der Waals surface area (Å²) < 4.78 is 28.4. The number of carbonyl (C=O) groups excluding carboxylic acids is 1. The van der Waals surface area contributed by atoms with E-state index in [-0.39, 0.29) is 11.3 Å². The summed E-state index contributed by atoms with van der Waals surface area (Å²) in [6.45, 7) is 1.89. The zero-order valence-electron chi connectivity index (χ0n) is 16.8. The third kappa shape index (κ3) is 5.72. The van der Waals surface area contributed by atoms with Gasteiger partial charge in [0.05, 0.1) is 10.6 Å². The lowest BCUT2D eigenvalue weighted by atomic mass is 10.1. The Bertz CT molecular complexity index is 1100. The summed E-state index contributed by atoms with van der Waals surface area (Å²) in [5.74, 6) is -0.406. The second-order valence-electron chi connectivity index (χ2n) is 6.87. The first-order valence-corrected chi connectivity index (χ1v) is 12.2. The summed E-state index contributed by atoms with van der Waals surface area (Å²) in [7, 11) is -3.87. The Labute approximate surface area is 182 Å². The first-order valence-electron chi connectivity index (χ1n) is 9.46. The van der Waals surface area contributed by atoms with Crippen LogP contribution in [0.15, 0.2) is 88.7 Å². The molecule has 0 saturated heterocycles. The van der Waals surface area contributed by atoms with Gasteiger partial charge in [-0.3, -0.25) is 4.79 Å². The molecule has 3 aromatic rings. The van der Waals surface area contributed by atoms with Gasteiger partial charge in [0.1, 0.15) is 6.04 Å². The lowest BCUT2D eigenvalue weighted by Crippen LogP contribution is -2.45. The first kappa shape index (κ1) is 22.1. The van der Waals surface area contributed by atoms with Crippen LogP contribution in [0, 0.1) is 6.92 Å². The predicted octanol–water partition coefficient (Wildman–Crippen LogP) is 4.25. The normalized spacial score (nSPS) is 12.3. The van der Waals surface area contributed by atoms with Gasteiger partial charge in [-0.15, -0.1) is 11.8 Å². The summed E-state index contributed by atoms with van der Waals surface area (Å²) in [6, 6.07) is 22.4. The van der Waals surface area contributed by atoms with E-state index in [1.807, 2.05) is 61.7 Å². The fourth-order valence-electron chi connectivity index (χ4n) is 2.98. The molecule has 1 amide bonds. The lowest BCUT2D eigenvalue weighted by Gasteiger charge is -2.20. The number of rotatable bonds is 8. The minimum absolute atomic E-state index is 0.128. The topological polar surface area (TPSA) is 75.3 Å². The van der Waals surface area contributed by atoms with Gasteiger partial charge in [-0.2, -0.15) is 4.72 Å². The average molecular weight is 441 g/mol. The molecule has 0 fully saturated rings. The minimum Gasteiger partial charge on any atom is -0.324 e. The second-order valence-corrected chi connectivity index (χ2v) is 9.43. The molecule has 0 saturated carbocycles. The lowest BCUT2D eigenvalue weighted by molar-refractivity contribution is -0.117. The van der Waals surface area contributed by atoms with Gasteiger partial charge in [0.25, 0.3) is 0 Å². The molecule has 7 heteroatoms. The van der Waals surface area contributed by atoms with Crippen LogP contribution >= 0.6 is 11.8 Å². The maximum absolute atomic E-state index is 13.1. The molecule has 3 aromatic carbocycles. The summed E-state index contributed by atoms with van der Waals surface area (Å²) in [4.78, 5) is 14.1. The molecule has 1 atom stereocenters. The SMILES string of the molecule is CSc1ccccc1NC(=O)[C@@H](Cc1ccccc1)NS(=O)(=O)c1ccc(C)cc1. The summed E-state index contributed by atoms with van der Waals surface area (Å²) >= 11 is 1.51. The van der Waals surface area contributed by atoms with Crippen LogP contribution in [0.25, 0.3) is 0 Å². The fourth-order valence-corrected chi connectivity index (χ4v) is 4.73. The third-order valence-corrected chi connectivity index (χ3v) is 6.88. The van der Waals surface area contributed by atoms with E-state index < -0.39 is 22.0 Å². The third-order valence-electron chi connectivity index (χ3n) is 4.59. The molecule has 0 spiro atoms. The smallest absolute Gasteiger partial charge is 0.242 e. The number of amides is 1. The van der Waals surface area contributed by atoms with Gasteiger partial charge in [0.15, 0.2) is 0 Å². The van der Waals surface area contributed by atoms with Crippen molar-refractivity contribution in [2.45, 2.75) is 29.2 Å². The predicted molar refractivity (Wildman–Crippen MR) is 122 cm³/mol. The van der Waals surface area contributed by atoms with Crippen molar-refractivity contribution >= 4 is 33.4 Å². The van der Waals surface area contributed by atoms with Gasteiger partial charge in [-0.05, 0) is 49.4 Å². The maximum atomic E-state index is 13.1. The van der Waals surface area contributed by atoms with E-state index in [1.54, 1.807) is 18.2 Å². The zero-order valence-corrected chi connectivity index (χ0v) is 18.5. The van der Waals surface area contributed by atoms with E-state index in [0.717, 1.165) is 16.0 Å². The van der Waals surface area contributed by atoms with Crippen molar-refractivity contribution in [1.82, 2.24) is 4.72 Å². The number of benzene rings is 3. The van der Waals surface area contributed by atoms with Gasteiger partial charge in [0, 0.05) is 4.90 Å². The summed E-state index contributed by atoms with van der Waals surface area (Å²) in [5.41, 5.74) is 2.48. The highest BCUT2D eigenvalue weighted by atomic mass is 32.2. The van der Waals surface area contributed by atoms with E-state index in [4.69, 9.17) is 0 Å². The van der Waals surface area contributed by atoms with Crippen LogP contribution in [0.1, 0.15) is 11.1 Å². The Kier molecular flexibility index (Phi) is 7.31. The van der Waals surface area contributed by atoms with Crippen molar-refractivity contribution < 1.29 is 13.2 Å². The highest BCUT2D eigenvalue weighted by Gasteiger charge is 2.26. The fraction of sp³-hybridized carbons (Fsp3) is 0.174. The molecule has 0 aromatic heterocycles. The van der Waals surface area contributed by atoms with Crippen molar-refractivity contribution in [2.75, 3.05) is 11.6 Å². The van der Waals surface area contributed by atoms with Gasteiger partial charge in [0.2, 0.25) is 15.9 Å². The summed E-state index contributed by atoms with van der Waals surface area (Å²) in [5, 5.41) is 2.88. The highest BCUT2D eigenvalue weighted by molar-refractivity contribution is 7.98. The van der Waals surface area contributed by atoms with Crippen LogP contribution in [0.4, 0.5) is 5.69 Å². The number of hydrogen-bond acceptors (Lipinski definition) is 4. The van der Waals surface area contributed by atoms with Crippen molar-refractivity contribution in [3.8, 4) is 0 Å². The van der Waals surface area contributed by atoms with Crippen LogP contribution in [0.3, 0.4) is 0 Å². The van der Waals surface area contributed by atoms with Crippen LogP contribution in [0.2, 0.25) is 0 Å². The Morgan fingerprint density at radius 1 is 0.933 bits per heavy atom. The molecule has 5 nitrogen and oxygen atoms in total. The first-order chi connectivity index (χ1) is 14.4. The van der Waals surface area contributed by atoms with E-state index in [9.17, 15) is 13.2 Å². The molecule has 2 N–H and O–H groups in total. The molecule has 0 aliphatic carbocycles. The van der Waals surface area contributed by atoms with Crippen molar-refractivity contribution in [3.63, 3.8) is 0 Å². The molecule has 0 unspecified atom stereocenters. The number of carbonyl (C=O) groups is 1. The molecule has 0 radical (unpaired) electrons. The molecule has 0 heterocycles. The van der Waals surface area contributed by atoms with E-state index in [0.29, 0.717) is 5.69 Å². The average Bonchev–Trinajstić information content (AvgIpc) is 2.74. The molecule has 30 heavy (non-hydrogen) atoms. The van der Waals surface area contributed by atoms with Gasteiger partial charge in [-0.1, -0.05) is 60.2 Å². The Balaban J connectivity index is 1.88. The molecular weight excluding hydrogens is 416 g/mol. The number of thioether (sulfide) groups is 1. The number of aryl methyl sites for hydroxylation is 1. The van der Waals surface area contributed by atoms with Crippen molar-refractivity contribution in [3.05, 3.63) is 90.0 Å². The monoisotopic (exact) mass is 440 g/mol. The van der Waals surface area contributed by atoms with Crippen LogP contribution in [0.5, 0.6) is 0 Å². The van der Waals surface area contributed by atoms with E-state index in [2.05, 4.69) is 10.0 Å². The van der Waals surface area contributed by atoms with Crippen LogP contribution in [-0.2, 0) is 21.2 Å². The molecular formula is C23H24N2O3S2. The molecule has 3 rings (SSSR count). The van der Waals surface area contributed by atoms with Crippen molar-refractivity contribution in [2.24, 2.45) is 0 Å². The van der Waals surface area contributed by atoms with Crippen molar-refractivity contribution in [1.29, 1.82) is 0 Å². The minimum atomic E-state index is -3.87. The van der Waals surface area contributed by atoms with E-state index in [1.165, 1.54) is 23.9 Å². The number of nitrogens with one attached hydrogen (secondary N) is 2. The molecule has 0 bridgehead atoms. The summed E-state index contributed by atoms with van der Waals surface area (Å²) in [6.07, 6.45) is 2.16. The largest absolute Gasteiger partial charge is 0.324 e. The number of para-hydroxylation sites is 1. The number of anilines is 1. The molecule has 0 aliphatic heterocycles. The Hall–Kier alpha value is -2.61. The van der Waals surface area contributed by atoms with Gasteiger partial charge in [-0.25, -0.2) is 8.42 Å². The van der Waals surface area contributed by atoms with Gasteiger partial charge < -0.3 is 5.32 Å². The molecule has 0 aliphatic rings.